The molecule has 2 fully saturated rings. The zero-order chi connectivity index (χ0) is 58.5. The molecule has 0 spiro atoms. The largest absolute Gasteiger partial charge is 0.458 e. The van der Waals surface area contributed by atoms with Gasteiger partial charge < -0.3 is 59.5 Å². The molecule has 80 heavy (non-hydrogen) atoms. The van der Waals surface area contributed by atoms with Crippen molar-refractivity contribution in [3.63, 3.8) is 0 Å². The Bertz CT molecular complexity index is 2720. The van der Waals surface area contributed by atoms with E-state index >= 15 is 0 Å². The predicted octanol–water partition coefficient (Wildman–Crippen LogP) is 6.67. The van der Waals surface area contributed by atoms with E-state index in [-0.39, 0.29) is 51.7 Å². The van der Waals surface area contributed by atoms with Crippen LogP contribution in [0.25, 0.3) is 22.3 Å². The van der Waals surface area contributed by atoms with Crippen LogP contribution in [0.1, 0.15) is 117 Å². The summed E-state index contributed by atoms with van der Waals surface area (Å²) in [7, 11) is 0. The molecular weight excluding hydrogens is 1030 g/mol. The van der Waals surface area contributed by atoms with Crippen LogP contribution in [0, 0.1) is 0 Å². The Balaban J connectivity index is 0.000000231. The van der Waals surface area contributed by atoms with Crippen molar-refractivity contribution in [2.45, 2.75) is 141 Å². The third-order valence-corrected chi connectivity index (χ3v) is 14.2. The molecule has 20 nitrogen and oxygen atoms in total. The number of carbonyl (C=O) groups excluding carboxylic acids is 8. The average molecular weight is 1100 g/mol. The van der Waals surface area contributed by atoms with Crippen LogP contribution in [0.4, 0.5) is 9.59 Å². The molecule has 428 valence electrons. The van der Waals surface area contributed by atoms with Gasteiger partial charge in [0, 0.05) is 11.8 Å². The van der Waals surface area contributed by atoms with Crippen molar-refractivity contribution in [1.29, 1.82) is 0 Å². The highest BCUT2D eigenvalue weighted by Crippen LogP contribution is 2.46. The van der Waals surface area contributed by atoms with Gasteiger partial charge in [0.1, 0.15) is 73.1 Å². The van der Waals surface area contributed by atoms with Crippen LogP contribution in [0.5, 0.6) is 0 Å². The molecule has 8 rings (SSSR count). The lowest BCUT2D eigenvalue weighted by molar-refractivity contribution is -0.159. The first kappa shape index (κ1) is 59.8. The number of nitrogens with one attached hydrogen (secondary N) is 4. The molecule has 4 aromatic carbocycles. The zero-order valence-corrected chi connectivity index (χ0v) is 47.6. The van der Waals surface area contributed by atoms with E-state index in [4.69, 9.17) is 28.4 Å². The van der Waals surface area contributed by atoms with Crippen LogP contribution in [0.15, 0.2) is 97.1 Å². The van der Waals surface area contributed by atoms with Crippen LogP contribution >= 0.6 is 0 Å². The highest BCUT2D eigenvalue weighted by Gasteiger charge is 2.50. The number of hydrogen-bond donors (Lipinski definition) is 4. The number of fused-ring (bicyclic) bond motifs is 6. The molecular formula is C60H74N6O14. The Morgan fingerprint density at radius 1 is 0.487 bits per heavy atom. The molecule has 4 aliphatic rings. The summed E-state index contributed by atoms with van der Waals surface area (Å²) in [6.45, 7) is 19.4. The van der Waals surface area contributed by atoms with Crippen molar-refractivity contribution in [2.24, 2.45) is 0 Å². The third-order valence-electron chi connectivity index (χ3n) is 14.2. The summed E-state index contributed by atoms with van der Waals surface area (Å²) in [6.07, 6.45) is -1.49. The van der Waals surface area contributed by atoms with Crippen LogP contribution in [-0.4, -0.2) is 144 Å². The molecule has 2 aliphatic carbocycles. The minimum absolute atomic E-state index is 0.0662. The third kappa shape index (κ3) is 13.4. The van der Waals surface area contributed by atoms with E-state index in [1.807, 2.05) is 72.8 Å². The van der Waals surface area contributed by atoms with Gasteiger partial charge in [-0.1, -0.05) is 97.1 Å². The smallest absolute Gasteiger partial charge is 0.407 e. The molecule has 0 bridgehead atoms. The number of rotatable bonds is 14. The summed E-state index contributed by atoms with van der Waals surface area (Å²) in [5.74, 6) is -3.58. The van der Waals surface area contributed by atoms with E-state index in [1.165, 1.54) is 37.5 Å². The van der Waals surface area contributed by atoms with E-state index in [0.29, 0.717) is 0 Å². The first-order chi connectivity index (χ1) is 37.6. The van der Waals surface area contributed by atoms with Gasteiger partial charge in [0.05, 0.1) is 13.2 Å². The van der Waals surface area contributed by atoms with Gasteiger partial charge in [-0.25, -0.2) is 19.2 Å². The van der Waals surface area contributed by atoms with E-state index in [2.05, 4.69) is 45.5 Å². The fourth-order valence-corrected chi connectivity index (χ4v) is 9.93. The van der Waals surface area contributed by atoms with Crippen LogP contribution < -0.4 is 21.3 Å². The molecule has 2 aliphatic heterocycles. The van der Waals surface area contributed by atoms with Crippen LogP contribution in [0.2, 0.25) is 0 Å². The molecule has 0 radical (unpaired) electrons. The number of hydrogen-bond acceptors (Lipinski definition) is 14. The van der Waals surface area contributed by atoms with Crippen LogP contribution in [-0.2, 0) is 57.2 Å². The van der Waals surface area contributed by atoms with Gasteiger partial charge in [-0.2, -0.15) is 0 Å². The zero-order valence-electron chi connectivity index (χ0n) is 47.6. The van der Waals surface area contributed by atoms with Crippen molar-refractivity contribution in [3.8, 4) is 22.3 Å². The fraction of sp³-hybridized carbons (Fsp3) is 0.467. The highest BCUT2D eigenvalue weighted by atomic mass is 16.6. The van der Waals surface area contributed by atoms with E-state index in [0.717, 1.165) is 44.5 Å². The Morgan fingerprint density at radius 2 is 0.775 bits per heavy atom. The monoisotopic (exact) mass is 1100 g/mol. The van der Waals surface area contributed by atoms with Gasteiger partial charge in [-0.3, -0.25) is 19.2 Å². The highest BCUT2D eigenvalue weighted by molar-refractivity contribution is 5.97. The van der Waals surface area contributed by atoms with Crippen molar-refractivity contribution in [1.82, 2.24) is 31.1 Å². The molecule has 6 amide bonds. The first-order valence-corrected chi connectivity index (χ1v) is 26.7. The van der Waals surface area contributed by atoms with Crippen molar-refractivity contribution in [3.05, 3.63) is 119 Å². The molecule has 0 aromatic heterocycles. The minimum Gasteiger partial charge on any atom is -0.458 e. The SMILES string of the molecule is C[C@H](NC(=O)[C@@]1(C)COCN1C(=O)[C@H](C)NC(=O)OCC1c2ccccc2-c2ccccc21)C(=O)OC(C)(C)C.C[C@H](NC(=O)[C@@]1(C)COCN1C(=O)[C@H](C)NC(=O)OCC1c2ccccc2-c2ccccc21)C(=O)OC(C)(C)C. The lowest BCUT2D eigenvalue weighted by Crippen LogP contribution is -2.62. The summed E-state index contributed by atoms with van der Waals surface area (Å²) in [6, 6.07) is 28.2. The lowest BCUT2D eigenvalue weighted by Gasteiger charge is -2.34. The minimum atomic E-state index is -1.38. The summed E-state index contributed by atoms with van der Waals surface area (Å²) >= 11 is 0. The second-order valence-electron chi connectivity index (χ2n) is 22.9. The summed E-state index contributed by atoms with van der Waals surface area (Å²) in [5.41, 5.74) is 4.59. The Labute approximate surface area is 466 Å². The first-order valence-electron chi connectivity index (χ1n) is 26.7. The van der Waals surface area contributed by atoms with Crippen molar-refractivity contribution in [2.75, 3.05) is 39.9 Å². The average Bonchev–Trinajstić information content (AvgIpc) is 4.29. The van der Waals surface area contributed by atoms with Crippen LogP contribution in [0.3, 0.4) is 0 Å². The maximum Gasteiger partial charge on any atom is 0.407 e. The maximum atomic E-state index is 13.3. The van der Waals surface area contributed by atoms with Crippen molar-refractivity contribution >= 4 is 47.8 Å². The second-order valence-corrected chi connectivity index (χ2v) is 22.9. The van der Waals surface area contributed by atoms with Gasteiger partial charge in [0.15, 0.2) is 0 Å². The maximum absolute atomic E-state index is 13.3. The van der Waals surface area contributed by atoms with Gasteiger partial charge in [0.2, 0.25) is 23.6 Å². The van der Waals surface area contributed by atoms with Crippen molar-refractivity contribution < 1.29 is 66.8 Å². The quantitative estimate of drug-likeness (QED) is 0.0761. The lowest BCUT2D eigenvalue weighted by atomic mass is 9.98. The van der Waals surface area contributed by atoms with Gasteiger partial charge in [0.25, 0.3) is 0 Å². The molecule has 4 aromatic rings. The summed E-state index contributed by atoms with van der Waals surface area (Å²) < 4.78 is 32.7. The second kappa shape index (κ2) is 24.3. The van der Waals surface area contributed by atoms with E-state index < -0.39 is 94.2 Å². The number of amides is 6. The van der Waals surface area contributed by atoms with Gasteiger partial charge in [-0.05, 0) is 128 Å². The molecule has 0 unspecified atom stereocenters. The standard InChI is InChI=1S/2C30H37N3O7/c2*1-18(25(34)33-17-38-16-30(33,6)27(36)31-19(2)26(35)40-29(3,4)5)32-28(37)39-15-24-22-13-9-7-11-20(22)21-12-8-10-14-23(21)24/h2*7-14,18-19,24H,15-17H2,1-6H3,(H,31,36)(H,32,37)/t2*18-,19-,30+/m00/s1. The molecule has 20 heteroatoms. The number of nitrogens with zero attached hydrogens (tertiary/aromatic N) is 2. The Morgan fingerprint density at radius 3 is 1.06 bits per heavy atom. The number of alkyl carbamates (subject to hydrolysis) is 2. The van der Waals surface area contributed by atoms with Gasteiger partial charge in [-0.15, -0.1) is 0 Å². The normalized spacial score (nSPS) is 19.7. The summed E-state index contributed by atoms with van der Waals surface area (Å²) in [5, 5.41) is 10.4. The Hall–Kier alpha value is -7.84. The van der Waals surface area contributed by atoms with Gasteiger partial charge >= 0.3 is 24.1 Å². The molecule has 2 heterocycles. The van der Waals surface area contributed by atoms with E-state index in [9.17, 15) is 38.4 Å². The van der Waals surface area contributed by atoms with E-state index in [1.54, 1.807) is 55.4 Å². The number of carbonyl (C=O) groups is 8. The number of benzene rings is 4. The molecule has 4 N–H and O–H groups in total. The molecule has 0 saturated carbocycles. The predicted molar refractivity (Wildman–Crippen MR) is 294 cm³/mol. The fourth-order valence-electron chi connectivity index (χ4n) is 9.93. The number of ether oxygens (including phenoxy) is 6. The molecule has 6 atom stereocenters. The Kier molecular flexibility index (Phi) is 18.1. The number of esters is 2. The molecule has 2 saturated heterocycles. The summed E-state index contributed by atoms with van der Waals surface area (Å²) in [4.78, 5) is 106. The topological polar surface area (TPSA) is 247 Å².